The minimum absolute atomic E-state index is 0.00282. The number of allylic oxidation sites excluding steroid dienone is 1. The molecule has 0 saturated heterocycles. The van der Waals surface area contributed by atoms with E-state index < -0.39 is 6.10 Å². The number of carbonyl (C=O) groups excluding carboxylic acids is 1. The van der Waals surface area contributed by atoms with E-state index in [0.717, 1.165) is 24.8 Å². The van der Waals surface area contributed by atoms with Gasteiger partial charge in [-0.1, -0.05) is 19.8 Å². The van der Waals surface area contributed by atoms with Gasteiger partial charge in [0.05, 0.1) is 6.10 Å². The summed E-state index contributed by atoms with van der Waals surface area (Å²) in [6.07, 6.45) is 3.90. The molecule has 1 unspecified atom stereocenters. The highest BCUT2D eigenvalue weighted by Crippen LogP contribution is 2.09. The van der Waals surface area contributed by atoms with Gasteiger partial charge in [-0.3, -0.25) is 4.79 Å². The smallest absolute Gasteiger partial charge is 0.152 e. The van der Waals surface area contributed by atoms with Crippen LogP contribution in [0.25, 0.3) is 0 Å². The molecule has 1 N–H and O–H groups in total. The zero-order chi connectivity index (χ0) is 9.56. The molecular formula is C10H18O2. The third-order valence-corrected chi connectivity index (χ3v) is 1.79. The van der Waals surface area contributed by atoms with Crippen LogP contribution in [0.2, 0.25) is 0 Å². The molecule has 2 nitrogen and oxygen atoms in total. The molecule has 12 heavy (non-hydrogen) atoms. The molecule has 0 radical (unpaired) electrons. The van der Waals surface area contributed by atoms with Gasteiger partial charge in [-0.15, -0.1) is 0 Å². The second kappa shape index (κ2) is 5.95. The highest BCUT2D eigenvalue weighted by atomic mass is 16.3. The molecule has 0 aliphatic heterocycles. The fraction of sp³-hybridized carbons (Fsp3) is 0.700. The number of hydrogen-bond donors (Lipinski definition) is 1. The Hall–Kier alpha value is -0.630. The Balaban J connectivity index is 3.91. The topological polar surface area (TPSA) is 37.3 Å². The lowest BCUT2D eigenvalue weighted by atomic mass is 10.0. The molecule has 0 fully saturated rings. The van der Waals surface area contributed by atoms with Crippen LogP contribution in [0, 0.1) is 0 Å². The Morgan fingerprint density at radius 3 is 2.50 bits per heavy atom. The van der Waals surface area contributed by atoms with Gasteiger partial charge in [-0.05, 0) is 31.9 Å². The van der Waals surface area contributed by atoms with Crippen molar-refractivity contribution in [1.29, 1.82) is 0 Å². The largest absolute Gasteiger partial charge is 0.389 e. The summed E-state index contributed by atoms with van der Waals surface area (Å²) in [5.74, 6) is 0.00282. The lowest BCUT2D eigenvalue weighted by molar-refractivity contribution is -0.112. The van der Waals surface area contributed by atoms with Crippen molar-refractivity contribution in [3.05, 3.63) is 11.6 Å². The van der Waals surface area contributed by atoms with Gasteiger partial charge in [-0.25, -0.2) is 0 Å². The molecule has 70 valence electrons. The summed E-state index contributed by atoms with van der Waals surface area (Å²) in [7, 11) is 0. The van der Waals surface area contributed by atoms with Crippen LogP contribution < -0.4 is 0 Å². The number of rotatable bonds is 5. The first-order chi connectivity index (χ1) is 5.57. The Morgan fingerprint density at radius 2 is 2.08 bits per heavy atom. The summed E-state index contributed by atoms with van der Waals surface area (Å²) in [5, 5.41) is 9.48. The van der Waals surface area contributed by atoms with Crippen molar-refractivity contribution in [2.24, 2.45) is 0 Å². The molecule has 0 aromatic heterocycles. The SMILES string of the molecule is CCCCC(O)C(C)=CC(C)=O. The molecule has 0 amide bonds. The van der Waals surface area contributed by atoms with E-state index in [-0.39, 0.29) is 5.78 Å². The lowest BCUT2D eigenvalue weighted by Gasteiger charge is -2.09. The van der Waals surface area contributed by atoms with Crippen LogP contribution in [0.4, 0.5) is 0 Å². The molecule has 0 heterocycles. The molecule has 0 aromatic rings. The van der Waals surface area contributed by atoms with E-state index in [4.69, 9.17) is 0 Å². The van der Waals surface area contributed by atoms with Crippen LogP contribution in [0.3, 0.4) is 0 Å². The van der Waals surface area contributed by atoms with Crippen LogP contribution in [-0.2, 0) is 4.79 Å². The summed E-state index contributed by atoms with van der Waals surface area (Å²) in [4.78, 5) is 10.6. The van der Waals surface area contributed by atoms with Gasteiger partial charge in [0.25, 0.3) is 0 Å². The summed E-state index contributed by atoms with van der Waals surface area (Å²) in [6, 6.07) is 0. The Morgan fingerprint density at radius 1 is 1.50 bits per heavy atom. The van der Waals surface area contributed by atoms with E-state index in [2.05, 4.69) is 6.92 Å². The molecular weight excluding hydrogens is 152 g/mol. The minimum atomic E-state index is -0.436. The monoisotopic (exact) mass is 170 g/mol. The second-order valence-corrected chi connectivity index (χ2v) is 3.16. The van der Waals surface area contributed by atoms with Crippen molar-refractivity contribution >= 4 is 5.78 Å². The van der Waals surface area contributed by atoms with E-state index in [0.29, 0.717) is 0 Å². The van der Waals surface area contributed by atoms with Crippen molar-refractivity contribution in [2.75, 3.05) is 0 Å². The number of aliphatic hydroxyl groups is 1. The minimum Gasteiger partial charge on any atom is -0.389 e. The zero-order valence-corrected chi connectivity index (χ0v) is 8.13. The number of aliphatic hydroxyl groups excluding tert-OH is 1. The Kier molecular flexibility index (Phi) is 5.64. The number of ketones is 1. The van der Waals surface area contributed by atoms with Crippen molar-refractivity contribution < 1.29 is 9.90 Å². The predicted octanol–water partition coefficient (Wildman–Crippen LogP) is 2.07. The highest BCUT2D eigenvalue weighted by Gasteiger charge is 2.05. The van der Waals surface area contributed by atoms with Crippen LogP contribution in [0.15, 0.2) is 11.6 Å². The molecule has 2 heteroatoms. The first-order valence-corrected chi connectivity index (χ1v) is 4.44. The van der Waals surface area contributed by atoms with Crippen LogP contribution >= 0.6 is 0 Å². The summed E-state index contributed by atoms with van der Waals surface area (Å²) in [6.45, 7) is 5.37. The summed E-state index contributed by atoms with van der Waals surface area (Å²) < 4.78 is 0. The third-order valence-electron chi connectivity index (χ3n) is 1.79. The van der Waals surface area contributed by atoms with E-state index >= 15 is 0 Å². The number of unbranched alkanes of at least 4 members (excludes halogenated alkanes) is 1. The normalized spacial score (nSPS) is 14.5. The Bertz CT molecular complexity index is 171. The fourth-order valence-electron chi connectivity index (χ4n) is 1.04. The summed E-state index contributed by atoms with van der Waals surface area (Å²) >= 11 is 0. The maximum Gasteiger partial charge on any atom is 0.152 e. The van der Waals surface area contributed by atoms with Crippen molar-refractivity contribution in [3.63, 3.8) is 0 Å². The van der Waals surface area contributed by atoms with Gasteiger partial charge in [0.1, 0.15) is 0 Å². The lowest BCUT2D eigenvalue weighted by Crippen LogP contribution is -2.08. The van der Waals surface area contributed by atoms with Crippen LogP contribution in [0.1, 0.15) is 40.0 Å². The van der Waals surface area contributed by atoms with E-state index in [1.54, 1.807) is 6.92 Å². The van der Waals surface area contributed by atoms with E-state index in [1.807, 2.05) is 0 Å². The van der Waals surface area contributed by atoms with Gasteiger partial charge in [0, 0.05) is 0 Å². The van der Waals surface area contributed by atoms with Gasteiger partial charge in [-0.2, -0.15) is 0 Å². The van der Waals surface area contributed by atoms with Gasteiger partial charge in [0.15, 0.2) is 5.78 Å². The molecule has 0 aliphatic rings. The maximum atomic E-state index is 10.6. The number of hydrogen-bond acceptors (Lipinski definition) is 2. The van der Waals surface area contributed by atoms with Gasteiger partial charge in [0.2, 0.25) is 0 Å². The summed E-state index contributed by atoms with van der Waals surface area (Å²) in [5.41, 5.74) is 0.774. The molecule has 0 aliphatic carbocycles. The van der Waals surface area contributed by atoms with Crippen LogP contribution in [-0.4, -0.2) is 17.0 Å². The van der Waals surface area contributed by atoms with Crippen molar-refractivity contribution in [2.45, 2.75) is 46.1 Å². The highest BCUT2D eigenvalue weighted by molar-refractivity contribution is 5.87. The van der Waals surface area contributed by atoms with Crippen molar-refractivity contribution in [3.8, 4) is 0 Å². The van der Waals surface area contributed by atoms with Crippen LogP contribution in [0.5, 0.6) is 0 Å². The molecule has 0 aromatic carbocycles. The molecule has 1 atom stereocenters. The first kappa shape index (κ1) is 11.4. The fourth-order valence-corrected chi connectivity index (χ4v) is 1.04. The number of carbonyl (C=O) groups is 1. The molecule has 0 saturated carbocycles. The average molecular weight is 170 g/mol. The van der Waals surface area contributed by atoms with Crippen molar-refractivity contribution in [1.82, 2.24) is 0 Å². The first-order valence-electron chi connectivity index (χ1n) is 4.44. The van der Waals surface area contributed by atoms with E-state index in [1.165, 1.54) is 13.0 Å². The molecule has 0 spiro atoms. The van der Waals surface area contributed by atoms with Gasteiger partial charge >= 0.3 is 0 Å². The predicted molar refractivity (Wildman–Crippen MR) is 50.0 cm³/mol. The third kappa shape index (κ3) is 5.08. The zero-order valence-electron chi connectivity index (χ0n) is 8.13. The second-order valence-electron chi connectivity index (χ2n) is 3.16. The quantitative estimate of drug-likeness (QED) is 0.641. The molecule has 0 rings (SSSR count). The Labute approximate surface area is 74.3 Å². The molecule has 0 bridgehead atoms. The maximum absolute atomic E-state index is 10.6. The van der Waals surface area contributed by atoms with E-state index in [9.17, 15) is 9.90 Å². The standard InChI is InChI=1S/C10H18O2/c1-4-5-6-10(12)8(2)7-9(3)11/h7,10,12H,4-6H2,1-3H3. The average Bonchev–Trinajstić information content (AvgIpc) is 1.98. The van der Waals surface area contributed by atoms with Gasteiger partial charge < -0.3 is 5.11 Å².